The van der Waals surface area contributed by atoms with Crippen LogP contribution in [0.15, 0.2) is 67.4 Å². The first-order valence-corrected chi connectivity index (χ1v) is 11.2. The van der Waals surface area contributed by atoms with Gasteiger partial charge in [-0.3, -0.25) is 4.40 Å². The molecule has 0 aliphatic rings. The molecular formula is C26H23F3N6. The molecule has 0 radical (unpaired) electrons. The van der Waals surface area contributed by atoms with Gasteiger partial charge in [0.2, 0.25) is 0 Å². The van der Waals surface area contributed by atoms with Crippen molar-refractivity contribution in [2.45, 2.75) is 32.4 Å². The van der Waals surface area contributed by atoms with Crippen molar-refractivity contribution < 1.29 is 13.2 Å². The van der Waals surface area contributed by atoms with Crippen molar-refractivity contribution in [1.29, 1.82) is 0 Å². The fourth-order valence-electron chi connectivity index (χ4n) is 4.14. The Balaban J connectivity index is 1.44. The maximum atomic E-state index is 13.0. The summed E-state index contributed by atoms with van der Waals surface area (Å²) >= 11 is 0. The molecule has 178 valence electrons. The quantitative estimate of drug-likeness (QED) is 0.316. The molecule has 0 atom stereocenters. The lowest BCUT2D eigenvalue weighted by molar-refractivity contribution is -0.140. The third-order valence-corrected chi connectivity index (χ3v) is 5.93. The number of imidazole rings is 2. The average Bonchev–Trinajstić information content (AvgIpc) is 3.43. The van der Waals surface area contributed by atoms with Crippen LogP contribution >= 0.6 is 0 Å². The molecular weight excluding hydrogens is 453 g/mol. The molecule has 0 amide bonds. The van der Waals surface area contributed by atoms with Crippen molar-refractivity contribution in [3.8, 4) is 22.8 Å². The van der Waals surface area contributed by atoms with Crippen LogP contribution in [0, 0.1) is 0 Å². The van der Waals surface area contributed by atoms with Crippen molar-refractivity contribution in [1.82, 2.24) is 28.9 Å². The number of nitrogens with zero attached hydrogens (tertiary/aromatic N) is 6. The molecule has 0 bridgehead atoms. The third kappa shape index (κ3) is 4.41. The molecule has 0 spiro atoms. The molecule has 5 rings (SSSR count). The van der Waals surface area contributed by atoms with Gasteiger partial charge in [-0.15, -0.1) is 0 Å². The van der Waals surface area contributed by atoms with Gasteiger partial charge in [0, 0.05) is 30.8 Å². The number of alkyl halides is 3. The molecule has 9 heteroatoms. The minimum atomic E-state index is -4.48. The van der Waals surface area contributed by atoms with Crippen LogP contribution < -0.4 is 0 Å². The average molecular weight is 477 g/mol. The second-order valence-corrected chi connectivity index (χ2v) is 8.78. The van der Waals surface area contributed by atoms with Gasteiger partial charge in [0.1, 0.15) is 18.5 Å². The van der Waals surface area contributed by atoms with Gasteiger partial charge in [-0.2, -0.15) is 13.2 Å². The highest BCUT2D eigenvalue weighted by molar-refractivity contribution is 5.63. The Morgan fingerprint density at radius 1 is 0.914 bits per heavy atom. The molecule has 3 heterocycles. The van der Waals surface area contributed by atoms with E-state index in [1.54, 1.807) is 36.2 Å². The summed E-state index contributed by atoms with van der Waals surface area (Å²) in [6.07, 6.45) is 0.439. The highest BCUT2D eigenvalue weighted by Gasteiger charge is 2.34. The summed E-state index contributed by atoms with van der Waals surface area (Å²) in [5, 5.41) is 0. The first-order valence-electron chi connectivity index (χ1n) is 11.2. The van der Waals surface area contributed by atoms with Crippen LogP contribution in [0.3, 0.4) is 0 Å². The van der Waals surface area contributed by atoms with E-state index in [2.05, 4.69) is 34.9 Å². The van der Waals surface area contributed by atoms with Crippen LogP contribution in [0.4, 0.5) is 13.2 Å². The van der Waals surface area contributed by atoms with Gasteiger partial charge in [0.15, 0.2) is 17.2 Å². The molecule has 0 fully saturated rings. The Bertz CT molecular complexity index is 1500. The second kappa shape index (κ2) is 8.65. The number of fused-ring (bicyclic) bond motifs is 1. The van der Waals surface area contributed by atoms with Gasteiger partial charge in [-0.05, 0) is 17.0 Å². The van der Waals surface area contributed by atoms with Gasteiger partial charge < -0.3 is 4.57 Å². The largest absolute Gasteiger partial charge is 0.434 e. The molecule has 0 aliphatic heterocycles. The Morgan fingerprint density at radius 3 is 2.31 bits per heavy atom. The van der Waals surface area contributed by atoms with E-state index in [1.807, 2.05) is 30.3 Å². The molecule has 0 aliphatic carbocycles. The van der Waals surface area contributed by atoms with Gasteiger partial charge >= 0.3 is 6.18 Å². The standard InChI is InChI=1S/C26H23F3N6/c1-16(2)19-6-4-5-7-20(19)23-31-15-35-14-30-21(25(35)33-23)12-17-8-10-18(11-9-17)24-32-22(13-34(24)3)26(27,28)29/h4-11,13-16H,12H2,1-3H3. The fraction of sp³-hybridized carbons (Fsp3) is 0.231. The van der Waals surface area contributed by atoms with E-state index in [0.29, 0.717) is 23.7 Å². The summed E-state index contributed by atoms with van der Waals surface area (Å²) in [6.45, 7) is 4.28. The Kier molecular flexibility index (Phi) is 5.62. The van der Waals surface area contributed by atoms with Crippen LogP contribution in [-0.2, 0) is 19.6 Å². The lowest BCUT2D eigenvalue weighted by Gasteiger charge is -2.11. The Labute approximate surface area is 200 Å². The first kappa shape index (κ1) is 22.8. The van der Waals surface area contributed by atoms with Crippen molar-refractivity contribution >= 4 is 5.65 Å². The Hall–Kier alpha value is -4.01. The number of aromatic nitrogens is 6. The van der Waals surface area contributed by atoms with Gasteiger partial charge in [0.05, 0.1) is 5.69 Å². The van der Waals surface area contributed by atoms with Crippen LogP contribution in [0.25, 0.3) is 28.4 Å². The van der Waals surface area contributed by atoms with Crippen LogP contribution in [-0.4, -0.2) is 28.9 Å². The van der Waals surface area contributed by atoms with Crippen molar-refractivity contribution in [2.24, 2.45) is 7.05 Å². The van der Waals surface area contributed by atoms with Gasteiger partial charge in [-0.25, -0.2) is 19.9 Å². The number of hydrogen-bond donors (Lipinski definition) is 0. The molecule has 0 unspecified atom stereocenters. The lowest BCUT2D eigenvalue weighted by atomic mass is 9.97. The maximum Gasteiger partial charge on any atom is 0.434 e. The van der Waals surface area contributed by atoms with E-state index in [9.17, 15) is 13.2 Å². The SMILES string of the molecule is CC(C)c1ccccc1-c1ncn2cnc(Cc3ccc(-c4nc(C(F)(F)F)cn4C)cc3)c2n1. The zero-order valence-electron chi connectivity index (χ0n) is 19.5. The predicted octanol–water partition coefficient (Wildman–Crippen LogP) is 5.92. The number of aryl methyl sites for hydroxylation is 1. The molecule has 6 nitrogen and oxygen atoms in total. The smallest absolute Gasteiger partial charge is 0.333 e. The zero-order chi connectivity index (χ0) is 24.7. The van der Waals surface area contributed by atoms with Crippen LogP contribution in [0.2, 0.25) is 0 Å². The van der Waals surface area contributed by atoms with E-state index in [1.165, 1.54) is 10.1 Å². The molecule has 3 aromatic heterocycles. The van der Waals surface area contributed by atoms with E-state index >= 15 is 0 Å². The molecule has 2 aromatic carbocycles. The highest BCUT2D eigenvalue weighted by atomic mass is 19.4. The Morgan fingerprint density at radius 2 is 1.63 bits per heavy atom. The van der Waals surface area contributed by atoms with E-state index in [4.69, 9.17) is 4.98 Å². The van der Waals surface area contributed by atoms with E-state index in [0.717, 1.165) is 28.7 Å². The molecule has 0 N–H and O–H groups in total. The summed E-state index contributed by atoms with van der Waals surface area (Å²) in [7, 11) is 1.55. The second-order valence-electron chi connectivity index (χ2n) is 8.78. The van der Waals surface area contributed by atoms with E-state index < -0.39 is 11.9 Å². The predicted molar refractivity (Wildman–Crippen MR) is 127 cm³/mol. The minimum absolute atomic E-state index is 0.262. The molecule has 0 saturated carbocycles. The van der Waals surface area contributed by atoms with Crippen LogP contribution in [0.1, 0.15) is 42.3 Å². The van der Waals surface area contributed by atoms with Crippen molar-refractivity contribution in [3.05, 3.63) is 89.9 Å². The van der Waals surface area contributed by atoms with Crippen molar-refractivity contribution in [3.63, 3.8) is 0 Å². The van der Waals surface area contributed by atoms with Gasteiger partial charge in [0.25, 0.3) is 0 Å². The summed E-state index contributed by atoms with van der Waals surface area (Å²) in [6, 6.07) is 15.4. The monoisotopic (exact) mass is 476 g/mol. The summed E-state index contributed by atoms with van der Waals surface area (Å²) in [4.78, 5) is 17.6. The zero-order valence-corrected chi connectivity index (χ0v) is 19.5. The number of benzene rings is 2. The maximum absolute atomic E-state index is 13.0. The lowest BCUT2D eigenvalue weighted by Crippen LogP contribution is -2.04. The first-order chi connectivity index (χ1) is 16.7. The fourth-order valence-corrected chi connectivity index (χ4v) is 4.14. The summed E-state index contributed by atoms with van der Waals surface area (Å²) in [5.74, 6) is 1.24. The number of hydrogen-bond acceptors (Lipinski definition) is 4. The minimum Gasteiger partial charge on any atom is -0.333 e. The highest BCUT2D eigenvalue weighted by Crippen LogP contribution is 2.31. The molecule has 5 aromatic rings. The summed E-state index contributed by atoms with van der Waals surface area (Å²) in [5.41, 5.74) is 4.35. The summed E-state index contributed by atoms with van der Waals surface area (Å²) < 4.78 is 42.2. The van der Waals surface area contributed by atoms with Gasteiger partial charge in [-0.1, -0.05) is 62.4 Å². The topological polar surface area (TPSA) is 60.9 Å². The third-order valence-electron chi connectivity index (χ3n) is 5.93. The molecule has 0 saturated heterocycles. The van der Waals surface area contributed by atoms with Crippen LogP contribution in [0.5, 0.6) is 0 Å². The number of halogens is 3. The van der Waals surface area contributed by atoms with E-state index in [-0.39, 0.29) is 5.82 Å². The normalized spacial score (nSPS) is 12.1. The number of rotatable bonds is 5. The van der Waals surface area contributed by atoms with Crippen molar-refractivity contribution in [2.75, 3.05) is 0 Å². The molecule has 35 heavy (non-hydrogen) atoms.